The van der Waals surface area contributed by atoms with Crippen molar-refractivity contribution in [1.82, 2.24) is 9.13 Å². The normalized spacial score (nSPS) is 13.1. The highest BCUT2D eigenvalue weighted by Crippen LogP contribution is 2.40. The zero-order valence-electron chi connectivity index (χ0n) is 40.4. The van der Waals surface area contributed by atoms with E-state index in [1.165, 1.54) is 0 Å². The minimum absolute atomic E-state index is 0.0870. The zero-order valence-corrected chi connectivity index (χ0v) is 33.4. The molecule has 0 radical (unpaired) electrons. The number of rotatable bonds is 7. The van der Waals surface area contributed by atoms with Crippen molar-refractivity contribution in [2.24, 2.45) is 0 Å². The summed E-state index contributed by atoms with van der Waals surface area (Å²) in [6.45, 7) is 0. The Morgan fingerprint density at radius 3 is 1.24 bits per heavy atom. The minimum Gasteiger partial charge on any atom is -0.309 e. The quantitative estimate of drug-likeness (QED) is 0.152. The molecule has 0 spiro atoms. The van der Waals surface area contributed by atoms with Crippen LogP contribution in [0.1, 0.15) is 9.60 Å². The van der Waals surface area contributed by atoms with Crippen molar-refractivity contribution in [3.05, 3.63) is 242 Å². The van der Waals surface area contributed by atoms with Crippen LogP contribution in [0.2, 0.25) is 0 Å². The highest BCUT2D eigenvalue weighted by molar-refractivity contribution is 6.13. The number of hydrogen-bond acceptors (Lipinski definition) is 0. The molecule has 0 unspecified atom stereocenters. The van der Waals surface area contributed by atoms with E-state index in [0.717, 1.165) is 72.0 Å². The summed E-state index contributed by atoms with van der Waals surface area (Å²) in [6.07, 6.45) is 0. The van der Waals surface area contributed by atoms with E-state index >= 15 is 0 Å². The van der Waals surface area contributed by atoms with Crippen molar-refractivity contribution < 1.29 is 9.60 Å². The van der Waals surface area contributed by atoms with Crippen LogP contribution in [0.3, 0.4) is 0 Å². The van der Waals surface area contributed by atoms with Gasteiger partial charge in [-0.05, 0) is 128 Å². The lowest BCUT2D eigenvalue weighted by molar-refractivity contribution is 1.18. The summed E-state index contributed by atoms with van der Waals surface area (Å²) >= 11 is 0. The van der Waals surface area contributed by atoms with E-state index in [9.17, 15) is 6.85 Å². The lowest BCUT2D eigenvalue weighted by atomic mass is 9.97. The molecule has 0 N–H and O–H groups in total. The molecule has 62 heavy (non-hydrogen) atoms. The van der Waals surface area contributed by atoms with Gasteiger partial charge in [0.2, 0.25) is 0 Å². The Morgan fingerprint density at radius 2 is 0.677 bits per heavy atom. The fourth-order valence-electron chi connectivity index (χ4n) is 8.97. The van der Waals surface area contributed by atoms with Crippen LogP contribution in [0.4, 0.5) is 0 Å². The van der Waals surface area contributed by atoms with Gasteiger partial charge < -0.3 is 9.13 Å². The summed E-state index contributed by atoms with van der Waals surface area (Å²) in [5.41, 5.74) is 12.8. The van der Waals surface area contributed by atoms with E-state index < -0.39 is 12.1 Å². The molecule has 0 aliphatic carbocycles. The van der Waals surface area contributed by atoms with E-state index in [1.54, 1.807) is 4.57 Å². The molecule has 0 saturated carbocycles. The van der Waals surface area contributed by atoms with Crippen LogP contribution in [0, 0.1) is 0 Å². The molecule has 2 heterocycles. The van der Waals surface area contributed by atoms with E-state index in [0.29, 0.717) is 11.3 Å². The molecule has 290 valence electrons. The number of benzene rings is 10. The number of hydrogen-bond donors (Lipinski definition) is 0. The van der Waals surface area contributed by atoms with Gasteiger partial charge in [0, 0.05) is 32.9 Å². The Kier molecular flexibility index (Phi) is 6.95. The molecule has 12 aromatic rings. The molecular weight excluding hydrogens is 749 g/mol. The maximum Gasteiger partial charge on any atom is 0.0645 e. The summed E-state index contributed by atoms with van der Waals surface area (Å²) in [5.74, 6) is 0. The van der Waals surface area contributed by atoms with Crippen molar-refractivity contribution in [2.45, 2.75) is 0 Å². The van der Waals surface area contributed by atoms with Crippen LogP contribution in [0.5, 0.6) is 0 Å². The summed E-state index contributed by atoms with van der Waals surface area (Å²) in [5, 5.41) is 2.19. The number of para-hydroxylation sites is 1. The molecular formula is C60H40N2. The highest BCUT2D eigenvalue weighted by Gasteiger charge is 2.18. The summed E-state index contributed by atoms with van der Waals surface area (Å²) < 4.78 is 69.4. The van der Waals surface area contributed by atoms with Gasteiger partial charge in [0.1, 0.15) is 0 Å². The Balaban J connectivity index is 1.11. The van der Waals surface area contributed by atoms with E-state index in [-0.39, 0.29) is 57.6 Å². The summed E-state index contributed by atoms with van der Waals surface area (Å²) in [4.78, 5) is 0. The molecule has 0 amide bonds. The number of fused-ring (bicyclic) bond motifs is 6. The lowest BCUT2D eigenvalue weighted by Crippen LogP contribution is -1.94. The van der Waals surface area contributed by atoms with E-state index in [1.807, 2.05) is 109 Å². The Hall–Kier alpha value is -8.20. The van der Waals surface area contributed by atoms with Crippen molar-refractivity contribution in [2.75, 3.05) is 0 Å². The first-order valence-corrected chi connectivity index (χ1v) is 20.8. The largest absolute Gasteiger partial charge is 0.309 e. The SMILES string of the molecule is [2H]c1c([2H])c([2H])c2c(c1[2H])c1c([2H])c(-c3ccc4c(c3)c3cc(-c5cccc(-c6ccccc6)c5)ccc3n4-c3cccc(-c4ccccc4)c3)c([2H])c([2H])c1n2-c1cccc(-c2ccccc2)c1. The molecule has 2 heteroatoms. The van der Waals surface area contributed by atoms with Gasteiger partial charge in [0.05, 0.1) is 31.7 Å². The monoisotopic (exact) mass is 795 g/mol. The van der Waals surface area contributed by atoms with Crippen LogP contribution >= 0.6 is 0 Å². The molecule has 0 aliphatic rings. The Labute approximate surface area is 370 Å². The Morgan fingerprint density at radius 1 is 0.258 bits per heavy atom. The number of aromatic nitrogens is 2. The van der Waals surface area contributed by atoms with E-state index in [4.69, 9.17) is 2.74 Å². The average Bonchev–Trinajstić information content (AvgIpc) is 3.94. The van der Waals surface area contributed by atoms with Gasteiger partial charge >= 0.3 is 0 Å². The molecule has 0 fully saturated rings. The predicted octanol–water partition coefficient (Wildman–Crippen LogP) is 16.2. The van der Waals surface area contributed by atoms with Crippen LogP contribution in [0.15, 0.2) is 242 Å². The molecule has 2 aromatic heterocycles. The first kappa shape index (κ1) is 29.1. The lowest BCUT2D eigenvalue weighted by Gasteiger charge is -2.11. The van der Waals surface area contributed by atoms with Crippen molar-refractivity contribution in [3.63, 3.8) is 0 Å². The van der Waals surface area contributed by atoms with Gasteiger partial charge in [0.15, 0.2) is 0 Å². The van der Waals surface area contributed by atoms with Gasteiger partial charge in [-0.25, -0.2) is 0 Å². The molecule has 0 atom stereocenters. The summed E-state index contributed by atoms with van der Waals surface area (Å²) in [6, 6.07) is 65.6. The van der Waals surface area contributed by atoms with Crippen LogP contribution in [-0.2, 0) is 0 Å². The van der Waals surface area contributed by atoms with Crippen LogP contribution < -0.4 is 0 Å². The molecule has 10 aromatic carbocycles. The average molecular weight is 796 g/mol. The van der Waals surface area contributed by atoms with Gasteiger partial charge in [-0.15, -0.1) is 0 Å². The number of nitrogens with zero attached hydrogens (tertiary/aromatic N) is 2. The van der Waals surface area contributed by atoms with Gasteiger partial charge in [-0.3, -0.25) is 0 Å². The fourth-order valence-corrected chi connectivity index (χ4v) is 8.97. The standard InChI is InChI=1S/C60H40N2/c1-4-15-41(16-5-1)44-21-12-22-45(35-44)48-29-33-59-55(39-48)56-40-50(31-34-60(56)62(59)52-26-14-24-47(37-52)43-19-8-3-9-20-43)49-30-32-58-54(38-49)53-27-10-11-28-57(53)61(58)51-25-13-23-46(36-51)42-17-6-2-7-18-42/h1-40H/i10D,11D,27D,28D,30D,32D,38D. The van der Waals surface area contributed by atoms with Crippen molar-refractivity contribution >= 4 is 43.6 Å². The third-order valence-electron chi connectivity index (χ3n) is 11.9. The van der Waals surface area contributed by atoms with Crippen molar-refractivity contribution in [1.29, 1.82) is 0 Å². The minimum atomic E-state index is -0.428. The van der Waals surface area contributed by atoms with Crippen molar-refractivity contribution in [3.8, 4) is 67.0 Å². The first-order valence-electron chi connectivity index (χ1n) is 24.3. The third kappa shape index (κ3) is 6.12. The van der Waals surface area contributed by atoms with E-state index in [2.05, 4.69) is 95.6 Å². The second-order valence-corrected chi connectivity index (χ2v) is 15.6. The predicted molar refractivity (Wildman–Crippen MR) is 262 cm³/mol. The van der Waals surface area contributed by atoms with Crippen LogP contribution in [0.25, 0.3) is 111 Å². The Bertz CT molecular complexity index is 4030. The molecule has 0 bridgehead atoms. The van der Waals surface area contributed by atoms with Gasteiger partial charge in [0.25, 0.3) is 0 Å². The molecule has 0 aliphatic heterocycles. The van der Waals surface area contributed by atoms with Crippen LogP contribution in [-0.4, -0.2) is 9.13 Å². The zero-order chi connectivity index (χ0) is 47.1. The second kappa shape index (κ2) is 14.8. The maximum absolute atomic E-state index is 10.0. The first-order chi connectivity index (χ1) is 33.7. The third-order valence-corrected chi connectivity index (χ3v) is 11.9. The molecule has 2 nitrogen and oxygen atoms in total. The smallest absolute Gasteiger partial charge is 0.0645 e. The topological polar surface area (TPSA) is 9.86 Å². The van der Waals surface area contributed by atoms with Gasteiger partial charge in [-0.1, -0.05) is 170 Å². The molecule has 0 saturated heterocycles. The second-order valence-electron chi connectivity index (χ2n) is 15.6. The highest BCUT2D eigenvalue weighted by atomic mass is 15.0. The van der Waals surface area contributed by atoms with Gasteiger partial charge in [-0.2, -0.15) is 0 Å². The fraction of sp³-hybridized carbons (Fsp3) is 0. The maximum atomic E-state index is 10.0. The summed E-state index contributed by atoms with van der Waals surface area (Å²) in [7, 11) is 0. The molecule has 12 rings (SSSR count).